The van der Waals surface area contributed by atoms with Gasteiger partial charge < -0.3 is 0 Å². The van der Waals surface area contributed by atoms with Gasteiger partial charge >= 0.3 is 0 Å². The number of imide groups is 1. The fourth-order valence-corrected chi connectivity index (χ4v) is 2.86. The lowest BCUT2D eigenvalue weighted by Crippen LogP contribution is -2.38. The zero-order valence-corrected chi connectivity index (χ0v) is 8.19. The second-order valence-electron chi connectivity index (χ2n) is 3.48. The van der Waals surface area contributed by atoms with Gasteiger partial charge in [0.15, 0.2) is 0 Å². The minimum absolute atomic E-state index is 0.100. The van der Waals surface area contributed by atoms with Crippen LogP contribution in [0.1, 0.15) is 25.7 Å². The molecule has 0 radical (unpaired) electrons. The standard InChI is InChI=1S/C8H10BrNO2/c9-8-4-2-1-3-5(8)6(11)10-7(8)12/h5H,1-4H2,(H,10,11,12). The number of carbonyl (C=O) groups excluding carboxylic acids is 2. The van der Waals surface area contributed by atoms with E-state index in [0.717, 1.165) is 25.7 Å². The van der Waals surface area contributed by atoms with Gasteiger partial charge in [-0.2, -0.15) is 0 Å². The monoisotopic (exact) mass is 231 g/mol. The number of alkyl halides is 1. The molecular formula is C8H10BrNO2. The molecule has 2 amide bonds. The van der Waals surface area contributed by atoms with Crippen molar-refractivity contribution in [3.8, 4) is 0 Å². The molecule has 1 aliphatic carbocycles. The summed E-state index contributed by atoms with van der Waals surface area (Å²) in [5.41, 5.74) is 0. The van der Waals surface area contributed by atoms with Crippen LogP contribution in [0.15, 0.2) is 0 Å². The van der Waals surface area contributed by atoms with Gasteiger partial charge in [0.25, 0.3) is 0 Å². The normalized spacial score (nSPS) is 40.9. The van der Waals surface area contributed by atoms with Gasteiger partial charge in [0.2, 0.25) is 11.8 Å². The first-order valence-electron chi connectivity index (χ1n) is 4.19. The van der Waals surface area contributed by atoms with Crippen molar-refractivity contribution in [2.45, 2.75) is 30.0 Å². The molecule has 0 aromatic heterocycles. The molecule has 12 heavy (non-hydrogen) atoms. The van der Waals surface area contributed by atoms with Crippen LogP contribution in [-0.2, 0) is 9.59 Å². The number of halogens is 1. The van der Waals surface area contributed by atoms with E-state index in [1.165, 1.54) is 0 Å². The van der Waals surface area contributed by atoms with Crippen LogP contribution in [0.25, 0.3) is 0 Å². The number of nitrogens with one attached hydrogen (secondary N) is 1. The van der Waals surface area contributed by atoms with E-state index in [0.29, 0.717) is 0 Å². The number of amides is 2. The molecule has 2 aliphatic rings. The molecule has 0 aromatic carbocycles. The van der Waals surface area contributed by atoms with Crippen molar-refractivity contribution in [2.24, 2.45) is 5.92 Å². The van der Waals surface area contributed by atoms with Gasteiger partial charge in [-0.3, -0.25) is 14.9 Å². The molecule has 0 spiro atoms. The van der Waals surface area contributed by atoms with Crippen molar-refractivity contribution >= 4 is 27.7 Å². The Bertz CT molecular complexity index is 253. The van der Waals surface area contributed by atoms with Crippen molar-refractivity contribution < 1.29 is 9.59 Å². The molecule has 2 rings (SSSR count). The first kappa shape index (κ1) is 8.23. The van der Waals surface area contributed by atoms with E-state index in [4.69, 9.17) is 0 Å². The largest absolute Gasteiger partial charge is 0.295 e. The number of hydrogen-bond donors (Lipinski definition) is 1. The van der Waals surface area contributed by atoms with Gasteiger partial charge in [-0.05, 0) is 12.8 Å². The van der Waals surface area contributed by atoms with Crippen LogP contribution in [0, 0.1) is 5.92 Å². The summed E-state index contributed by atoms with van der Waals surface area (Å²) < 4.78 is -0.567. The topological polar surface area (TPSA) is 46.2 Å². The minimum atomic E-state index is -0.567. The maximum atomic E-state index is 11.4. The third kappa shape index (κ3) is 0.937. The number of hydrogen-bond acceptors (Lipinski definition) is 2. The molecule has 1 aliphatic heterocycles. The molecule has 0 aromatic rings. The summed E-state index contributed by atoms with van der Waals surface area (Å²) in [6.45, 7) is 0. The van der Waals surface area contributed by atoms with Crippen molar-refractivity contribution in [2.75, 3.05) is 0 Å². The number of fused-ring (bicyclic) bond motifs is 1. The van der Waals surface area contributed by atoms with Crippen LogP contribution in [0.5, 0.6) is 0 Å². The van der Waals surface area contributed by atoms with E-state index in [1.807, 2.05) is 0 Å². The maximum Gasteiger partial charge on any atom is 0.244 e. The van der Waals surface area contributed by atoms with E-state index in [-0.39, 0.29) is 17.7 Å². The summed E-state index contributed by atoms with van der Waals surface area (Å²) in [6.07, 6.45) is 3.71. The minimum Gasteiger partial charge on any atom is -0.295 e. The molecule has 2 fully saturated rings. The Morgan fingerprint density at radius 3 is 2.83 bits per heavy atom. The van der Waals surface area contributed by atoms with Crippen LogP contribution in [0.4, 0.5) is 0 Å². The third-order valence-corrected chi connectivity index (χ3v) is 4.08. The lowest BCUT2D eigenvalue weighted by atomic mass is 9.81. The molecule has 4 heteroatoms. The summed E-state index contributed by atoms with van der Waals surface area (Å²) >= 11 is 3.40. The van der Waals surface area contributed by atoms with Crippen LogP contribution in [0.2, 0.25) is 0 Å². The fraction of sp³-hybridized carbons (Fsp3) is 0.750. The molecule has 2 unspecified atom stereocenters. The highest BCUT2D eigenvalue weighted by Crippen LogP contribution is 2.44. The SMILES string of the molecule is O=C1NC(=O)C2(Br)CCCCC12. The Morgan fingerprint density at radius 1 is 1.42 bits per heavy atom. The predicted molar refractivity (Wildman–Crippen MR) is 46.8 cm³/mol. The lowest BCUT2D eigenvalue weighted by Gasteiger charge is -2.29. The second kappa shape index (κ2) is 2.55. The van der Waals surface area contributed by atoms with Gasteiger partial charge in [-0.15, -0.1) is 0 Å². The molecule has 66 valence electrons. The second-order valence-corrected chi connectivity index (χ2v) is 4.89. The van der Waals surface area contributed by atoms with Gasteiger partial charge in [0.1, 0.15) is 4.32 Å². The van der Waals surface area contributed by atoms with Crippen LogP contribution in [-0.4, -0.2) is 16.1 Å². The van der Waals surface area contributed by atoms with Crippen molar-refractivity contribution in [3.63, 3.8) is 0 Å². The quantitative estimate of drug-likeness (QED) is 0.499. The highest BCUT2D eigenvalue weighted by atomic mass is 79.9. The van der Waals surface area contributed by atoms with Gasteiger partial charge in [0.05, 0.1) is 5.92 Å². The van der Waals surface area contributed by atoms with Crippen LogP contribution in [0.3, 0.4) is 0 Å². The Balaban J connectivity index is 2.33. The first-order chi connectivity index (χ1) is 5.64. The maximum absolute atomic E-state index is 11.4. The van der Waals surface area contributed by atoms with Crippen molar-refractivity contribution in [3.05, 3.63) is 0 Å². The average molecular weight is 232 g/mol. The van der Waals surface area contributed by atoms with Crippen LogP contribution < -0.4 is 5.32 Å². The Hall–Kier alpha value is -0.380. The third-order valence-electron chi connectivity index (χ3n) is 2.77. The van der Waals surface area contributed by atoms with Crippen molar-refractivity contribution in [1.82, 2.24) is 5.32 Å². The van der Waals surface area contributed by atoms with E-state index >= 15 is 0 Å². The van der Waals surface area contributed by atoms with E-state index in [9.17, 15) is 9.59 Å². The summed E-state index contributed by atoms with van der Waals surface area (Å²) in [4.78, 5) is 22.6. The molecule has 1 saturated carbocycles. The van der Waals surface area contributed by atoms with Crippen LogP contribution >= 0.6 is 15.9 Å². The smallest absolute Gasteiger partial charge is 0.244 e. The van der Waals surface area contributed by atoms with Gasteiger partial charge in [-0.1, -0.05) is 28.8 Å². The van der Waals surface area contributed by atoms with E-state index < -0.39 is 4.32 Å². The molecule has 3 nitrogen and oxygen atoms in total. The molecule has 1 heterocycles. The number of rotatable bonds is 0. The van der Waals surface area contributed by atoms with E-state index in [1.54, 1.807) is 0 Å². The Morgan fingerprint density at radius 2 is 2.17 bits per heavy atom. The highest BCUT2D eigenvalue weighted by molar-refractivity contribution is 9.10. The molecule has 1 saturated heterocycles. The molecule has 1 N–H and O–H groups in total. The highest BCUT2D eigenvalue weighted by Gasteiger charge is 2.54. The summed E-state index contributed by atoms with van der Waals surface area (Å²) in [6, 6.07) is 0. The summed E-state index contributed by atoms with van der Waals surface area (Å²) in [5, 5.41) is 2.37. The number of carbonyl (C=O) groups is 2. The molecule has 0 bridgehead atoms. The predicted octanol–water partition coefficient (Wildman–Crippen LogP) is 0.967. The average Bonchev–Trinajstić information content (AvgIpc) is 2.25. The Labute approximate surface area is 79.0 Å². The summed E-state index contributed by atoms with van der Waals surface area (Å²) in [7, 11) is 0. The van der Waals surface area contributed by atoms with Crippen molar-refractivity contribution in [1.29, 1.82) is 0 Å². The zero-order chi connectivity index (χ0) is 8.77. The summed E-state index contributed by atoms with van der Waals surface area (Å²) in [5.74, 6) is -0.368. The van der Waals surface area contributed by atoms with Gasteiger partial charge in [0, 0.05) is 0 Å². The molecular weight excluding hydrogens is 222 g/mol. The zero-order valence-electron chi connectivity index (χ0n) is 6.60. The fourth-order valence-electron chi connectivity index (χ4n) is 2.05. The van der Waals surface area contributed by atoms with E-state index in [2.05, 4.69) is 21.2 Å². The molecule has 2 atom stereocenters. The lowest BCUT2D eigenvalue weighted by molar-refractivity contribution is -0.125. The first-order valence-corrected chi connectivity index (χ1v) is 4.98. The van der Waals surface area contributed by atoms with Gasteiger partial charge in [-0.25, -0.2) is 0 Å². The Kier molecular flexibility index (Phi) is 1.75.